The zero-order valence-corrected chi connectivity index (χ0v) is 14.0. The Morgan fingerprint density at radius 2 is 1.92 bits per heavy atom. The number of benzene rings is 2. The Kier molecular flexibility index (Phi) is 4.57. The molecule has 0 saturated carbocycles. The Hall–Kier alpha value is -3.08. The Morgan fingerprint density at radius 1 is 1.20 bits per heavy atom. The molecular formula is C20H18O5. The van der Waals surface area contributed by atoms with Crippen LogP contribution >= 0.6 is 0 Å². The molecule has 0 aliphatic rings. The molecule has 1 atom stereocenters. The molecule has 0 radical (unpaired) electrons. The van der Waals surface area contributed by atoms with Crippen LogP contribution in [0.4, 0.5) is 0 Å². The highest BCUT2D eigenvalue weighted by molar-refractivity contribution is 5.84. The minimum Gasteiger partial charge on any atom is -0.490 e. The summed E-state index contributed by atoms with van der Waals surface area (Å²) in [7, 11) is 1.42. The van der Waals surface area contributed by atoms with E-state index in [9.17, 15) is 14.7 Å². The first-order valence-electron chi connectivity index (χ1n) is 7.99. The molecule has 3 aromatic rings. The number of methoxy groups -OCH3 is 1. The Bertz CT molecular complexity index is 973. The third kappa shape index (κ3) is 3.01. The van der Waals surface area contributed by atoms with Crippen LogP contribution in [-0.2, 0) is 4.79 Å². The predicted molar refractivity (Wildman–Crippen MR) is 95.1 cm³/mol. The summed E-state index contributed by atoms with van der Waals surface area (Å²) in [6.45, 7) is 1.80. The van der Waals surface area contributed by atoms with Crippen molar-refractivity contribution >= 4 is 16.9 Å². The van der Waals surface area contributed by atoms with Crippen molar-refractivity contribution in [1.29, 1.82) is 0 Å². The molecule has 0 bridgehead atoms. The molecule has 2 aromatic carbocycles. The molecule has 0 spiro atoms. The van der Waals surface area contributed by atoms with E-state index in [2.05, 4.69) is 0 Å². The van der Waals surface area contributed by atoms with Gasteiger partial charge in [0.2, 0.25) is 11.2 Å². The smallest absolute Gasteiger partial charge is 0.310 e. The van der Waals surface area contributed by atoms with E-state index in [0.717, 1.165) is 5.56 Å². The lowest BCUT2D eigenvalue weighted by Crippen LogP contribution is -2.12. The molecule has 0 fully saturated rings. The summed E-state index contributed by atoms with van der Waals surface area (Å²) in [5.74, 6) is -1.11. The van der Waals surface area contributed by atoms with Crippen molar-refractivity contribution in [1.82, 2.24) is 0 Å². The maximum Gasteiger partial charge on any atom is 0.310 e. The van der Waals surface area contributed by atoms with Gasteiger partial charge in [0.1, 0.15) is 5.58 Å². The van der Waals surface area contributed by atoms with Crippen molar-refractivity contribution < 1.29 is 19.1 Å². The van der Waals surface area contributed by atoms with E-state index in [4.69, 9.17) is 9.15 Å². The fourth-order valence-electron chi connectivity index (χ4n) is 2.93. The van der Waals surface area contributed by atoms with Gasteiger partial charge in [0.25, 0.3) is 0 Å². The number of rotatable bonds is 5. The Balaban J connectivity index is 2.25. The second-order valence-corrected chi connectivity index (χ2v) is 5.71. The van der Waals surface area contributed by atoms with Crippen LogP contribution in [-0.4, -0.2) is 18.2 Å². The van der Waals surface area contributed by atoms with Gasteiger partial charge < -0.3 is 14.3 Å². The number of carboxylic acid groups (broad SMARTS) is 1. The van der Waals surface area contributed by atoms with E-state index in [-0.39, 0.29) is 11.2 Å². The van der Waals surface area contributed by atoms with Crippen LogP contribution < -0.4 is 10.2 Å². The summed E-state index contributed by atoms with van der Waals surface area (Å²) in [4.78, 5) is 24.2. The second-order valence-electron chi connectivity index (χ2n) is 5.71. The topological polar surface area (TPSA) is 76.7 Å². The van der Waals surface area contributed by atoms with Crippen molar-refractivity contribution in [2.75, 3.05) is 7.11 Å². The minimum atomic E-state index is -0.917. The van der Waals surface area contributed by atoms with Gasteiger partial charge in [-0.15, -0.1) is 0 Å². The van der Waals surface area contributed by atoms with Crippen LogP contribution in [0.5, 0.6) is 5.75 Å². The molecule has 1 unspecified atom stereocenters. The van der Waals surface area contributed by atoms with Gasteiger partial charge in [0.05, 0.1) is 18.4 Å². The zero-order chi connectivity index (χ0) is 18.0. The SMILES string of the molecule is CCC(C(=O)O)c1ccc2oc(-c3ccccc3)c(OC)c(=O)c2c1. The van der Waals surface area contributed by atoms with Gasteiger partial charge >= 0.3 is 5.97 Å². The van der Waals surface area contributed by atoms with Crippen molar-refractivity contribution in [2.45, 2.75) is 19.3 Å². The first-order valence-corrected chi connectivity index (χ1v) is 7.99. The van der Waals surface area contributed by atoms with Gasteiger partial charge in [-0.3, -0.25) is 9.59 Å². The Morgan fingerprint density at radius 3 is 2.52 bits per heavy atom. The monoisotopic (exact) mass is 338 g/mol. The van der Waals surface area contributed by atoms with E-state index in [1.165, 1.54) is 7.11 Å². The summed E-state index contributed by atoms with van der Waals surface area (Å²) in [5.41, 5.74) is 1.39. The van der Waals surface area contributed by atoms with Gasteiger partial charge in [-0.1, -0.05) is 43.3 Å². The fourth-order valence-corrected chi connectivity index (χ4v) is 2.93. The first kappa shape index (κ1) is 16.8. The normalized spacial score (nSPS) is 12.1. The van der Waals surface area contributed by atoms with Crippen LogP contribution in [0.1, 0.15) is 24.8 Å². The summed E-state index contributed by atoms with van der Waals surface area (Å²) in [5, 5.41) is 9.65. The van der Waals surface area contributed by atoms with Gasteiger partial charge in [0.15, 0.2) is 5.76 Å². The third-order valence-corrected chi connectivity index (χ3v) is 4.22. The maximum absolute atomic E-state index is 12.9. The number of carbonyl (C=O) groups is 1. The number of ether oxygens (including phenoxy) is 1. The van der Waals surface area contributed by atoms with Gasteiger partial charge in [-0.25, -0.2) is 0 Å². The van der Waals surface area contributed by atoms with Crippen molar-refractivity contribution in [2.24, 2.45) is 0 Å². The zero-order valence-electron chi connectivity index (χ0n) is 14.0. The molecule has 3 rings (SSSR count). The average molecular weight is 338 g/mol. The van der Waals surface area contributed by atoms with Crippen LogP contribution in [0.15, 0.2) is 57.7 Å². The first-order chi connectivity index (χ1) is 12.1. The highest BCUT2D eigenvalue weighted by Gasteiger charge is 2.21. The standard InChI is InChI=1S/C20H18O5/c1-3-14(20(22)23)13-9-10-16-15(11-13)17(21)19(24-2)18(25-16)12-7-5-4-6-8-12/h4-11,14H,3H2,1-2H3,(H,22,23). The molecule has 1 heterocycles. The molecule has 25 heavy (non-hydrogen) atoms. The van der Waals surface area contributed by atoms with E-state index in [1.54, 1.807) is 25.1 Å². The van der Waals surface area contributed by atoms with Crippen molar-refractivity contribution in [3.8, 4) is 17.1 Å². The summed E-state index contributed by atoms with van der Waals surface area (Å²) >= 11 is 0. The molecule has 5 nitrogen and oxygen atoms in total. The largest absolute Gasteiger partial charge is 0.490 e. The molecule has 1 aromatic heterocycles. The summed E-state index contributed by atoms with van der Waals surface area (Å²) in [6, 6.07) is 14.1. The number of aliphatic carboxylic acids is 1. The second kappa shape index (κ2) is 6.81. The molecule has 0 aliphatic carbocycles. The van der Waals surface area contributed by atoms with E-state index < -0.39 is 11.9 Å². The Labute approximate surface area is 144 Å². The highest BCUT2D eigenvalue weighted by atomic mass is 16.5. The van der Waals surface area contributed by atoms with E-state index in [0.29, 0.717) is 28.7 Å². The third-order valence-electron chi connectivity index (χ3n) is 4.22. The van der Waals surface area contributed by atoms with E-state index >= 15 is 0 Å². The minimum absolute atomic E-state index is 0.110. The van der Waals surface area contributed by atoms with Crippen LogP contribution in [0.2, 0.25) is 0 Å². The molecular weight excluding hydrogens is 320 g/mol. The predicted octanol–water partition coefficient (Wildman–Crippen LogP) is 4.05. The fraction of sp³-hybridized carbons (Fsp3) is 0.200. The highest BCUT2D eigenvalue weighted by Crippen LogP contribution is 2.32. The van der Waals surface area contributed by atoms with E-state index in [1.807, 2.05) is 30.3 Å². The van der Waals surface area contributed by atoms with Crippen LogP contribution in [0, 0.1) is 0 Å². The molecule has 0 saturated heterocycles. The van der Waals surface area contributed by atoms with Gasteiger partial charge in [-0.05, 0) is 24.1 Å². The number of fused-ring (bicyclic) bond motifs is 1. The summed E-state index contributed by atoms with van der Waals surface area (Å²) in [6.07, 6.45) is 0.436. The lowest BCUT2D eigenvalue weighted by Gasteiger charge is -2.12. The number of carboxylic acids is 1. The van der Waals surface area contributed by atoms with Crippen molar-refractivity contribution in [3.05, 3.63) is 64.3 Å². The molecule has 0 amide bonds. The van der Waals surface area contributed by atoms with Crippen LogP contribution in [0.25, 0.3) is 22.3 Å². The maximum atomic E-state index is 12.9. The van der Waals surface area contributed by atoms with Crippen LogP contribution in [0.3, 0.4) is 0 Å². The van der Waals surface area contributed by atoms with Gasteiger partial charge in [0, 0.05) is 5.56 Å². The number of hydrogen-bond acceptors (Lipinski definition) is 4. The molecule has 128 valence electrons. The molecule has 5 heteroatoms. The lowest BCUT2D eigenvalue weighted by atomic mass is 9.95. The van der Waals surface area contributed by atoms with Crippen molar-refractivity contribution in [3.63, 3.8) is 0 Å². The quantitative estimate of drug-likeness (QED) is 0.759. The lowest BCUT2D eigenvalue weighted by molar-refractivity contribution is -0.138. The average Bonchev–Trinajstić information content (AvgIpc) is 2.63. The number of hydrogen-bond donors (Lipinski definition) is 1. The molecule has 1 N–H and O–H groups in total. The summed E-state index contributed by atoms with van der Waals surface area (Å²) < 4.78 is 11.2. The van der Waals surface area contributed by atoms with Gasteiger partial charge in [-0.2, -0.15) is 0 Å². The molecule has 0 aliphatic heterocycles.